The van der Waals surface area contributed by atoms with Crippen molar-refractivity contribution >= 4 is 28.4 Å². The molecule has 1 fully saturated rings. The Labute approximate surface area is 154 Å². The monoisotopic (exact) mass is 373 g/mol. The molecule has 3 aromatic rings. The molecule has 0 aliphatic carbocycles. The average molecular weight is 374 g/mol. The zero-order valence-corrected chi connectivity index (χ0v) is 15.0. The van der Waals surface area contributed by atoms with E-state index in [9.17, 15) is 9.18 Å². The van der Waals surface area contributed by atoms with E-state index in [4.69, 9.17) is 16.3 Å². The Hall–Kier alpha value is -2.60. The number of hydrogen-bond acceptors (Lipinski definition) is 3. The molecule has 0 radical (unpaired) electrons. The van der Waals surface area contributed by atoms with Crippen LogP contribution in [0.25, 0.3) is 10.9 Å². The van der Waals surface area contributed by atoms with E-state index in [1.54, 1.807) is 6.20 Å². The zero-order chi connectivity index (χ0) is 18.3. The molecule has 2 aromatic heterocycles. The van der Waals surface area contributed by atoms with Gasteiger partial charge in [-0.25, -0.2) is 9.37 Å². The van der Waals surface area contributed by atoms with Gasteiger partial charge in [0.15, 0.2) is 0 Å². The molecule has 1 aromatic carbocycles. The van der Waals surface area contributed by atoms with Gasteiger partial charge in [-0.1, -0.05) is 11.6 Å². The number of ether oxygens (including phenoxy) is 1. The number of benzene rings is 1. The summed E-state index contributed by atoms with van der Waals surface area (Å²) < 4.78 is 21.0. The van der Waals surface area contributed by atoms with Gasteiger partial charge < -0.3 is 14.2 Å². The van der Waals surface area contributed by atoms with Crippen molar-refractivity contribution in [2.75, 3.05) is 13.1 Å². The van der Waals surface area contributed by atoms with Crippen LogP contribution in [-0.4, -0.2) is 33.4 Å². The minimum Gasteiger partial charge on any atom is -0.438 e. The van der Waals surface area contributed by atoms with E-state index < -0.39 is 5.82 Å². The number of fused-ring (bicyclic) bond motifs is 1. The fraction of sp³-hybridized carbons (Fsp3) is 0.263. The van der Waals surface area contributed by atoms with Crippen LogP contribution in [0.1, 0.15) is 23.2 Å². The van der Waals surface area contributed by atoms with Crippen molar-refractivity contribution in [2.24, 2.45) is 7.05 Å². The van der Waals surface area contributed by atoms with Crippen LogP contribution in [0.15, 0.2) is 36.7 Å². The quantitative estimate of drug-likeness (QED) is 0.684. The maximum Gasteiger partial charge on any atom is 0.257 e. The van der Waals surface area contributed by atoms with Crippen molar-refractivity contribution in [3.05, 3.63) is 53.1 Å². The number of aryl methyl sites for hydroxylation is 1. The van der Waals surface area contributed by atoms with Gasteiger partial charge in [-0.15, -0.1) is 0 Å². The number of rotatable bonds is 3. The summed E-state index contributed by atoms with van der Waals surface area (Å²) in [5.41, 5.74) is 1.32. The maximum absolute atomic E-state index is 13.3. The van der Waals surface area contributed by atoms with Crippen LogP contribution in [0.2, 0.25) is 5.02 Å². The molecule has 0 atom stereocenters. The first-order chi connectivity index (χ1) is 12.5. The van der Waals surface area contributed by atoms with Crippen molar-refractivity contribution < 1.29 is 13.9 Å². The molecule has 134 valence electrons. The van der Waals surface area contributed by atoms with Crippen molar-refractivity contribution in [3.8, 4) is 11.6 Å². The van der Waals surface area contributed by atoms with Gasteiger partial charge in [0.25, 0.3) is 5.91 Å². The summed E-state index contributed by atoms with van der Waals surface area (Å²) in [6.07, 6.45) is 5.46. The number of nitrogens with zero attached hydrogens (tertiary/aromatic N) is 3. The summed E-state index contributed by atoms with van der Waals surface area (Å²) in [7, 11) is 1.88. The minimum absolute atomic E-state index is 0.0156. The fourth-order valence-electron chi connectivity index (χ4n) is 3.27. The van der Waals surface area contributed by atoms with Crippen molar-refractivity contribution in [3.63, 3.8) is 0 Å². The van der Waals surface area contributed by atoms with Crippen LogP contribution in [0.5, 0.6) is 11.6 Å². The third-order valence-corrected chi connectivity index (χ3v) is 4.89. The first-order valence-electron chi connectivity index (χ1n) is 8.41. The highest BCUT2D eigenvalue weighted by Crippen LogP contribution is 2.32. The Kier molecular flexibility index (Phi) is 4.28. The second kappa shape index (κ2) is 6.61. The van der Waals surface area contributed by atoms with Gasteiger partial charge >= 0.3 is 0 Å². The smallest absolute Gasteiger partial charge is 0.257 e. The van der Waals surface area contributed by atoms with Crippen molar-refractivity contribution in [2.45, 2.75) is 12.8 Å². The summed E-state index contributed by atoms with van der Waals surface area (Å²) >= 11 is 5.81. The van der Waals surface area contributed by atoms with Gasteiger partial charge in [-0.3, -0.25) is 4.79 Å². The molecule has 1 amide bonds. The average Bonchev–Trinajstić information content (AvgIpc) is 3.29. The summed E-state index contributed by atoms with van der Waals surface area (Å²) in [4.78, 5) is 19.0. The molecular weight excluding hydrogens is 357 g/mol. The Balaban J connectivity index is 1.74. The van der Waals surface area contributed by atoms with Gasteiger partial charge in [-0.2, -0.15) is 0 Å². The van der Waals surface area contributed by atoms with Gasteiger partial charge in [0, 0.05) is 38.6 Å². The number of amides is 1. The number of halogens is 2. The fourth-order valence-corrected chi connectivity index (χ4v) is 3.44. The van der Waals surface area contributed by atoms with Gasteiger partial charge in [0.1, 0.15) is 11.6 Å². The molecule has 0 bridgehead atoms. The number of carbonyl (C=O) groups excluding carboxylic acids is 1. The van der Waals surface area contributed by atoms with Crippen molar-refractivity contribution in [1.82, 2.24) is 14.5 Å². The van der Waals surface area contributed by atoms with Crippen LogP contribution in [-0.2, 0) is 7.05 Å². The first kappa shape index (κ1) is 16.8. The first-order valence-corrected chi connectivity index (χ1v) is 8.78. The van der Waals surface area contributed by atoms with E-state index >= 15 is 0 Å². The summed E-state index contributed by atoms with van der Waals surface area (Å²) in [5, 5.41) is 0.700. The minimum atomic E-state index is -0.511. The normalized spacial score (nSPS) is 14.2. The highest BCUT2D eigenvalue weighted by Gasteiger charge is 2.24. The predicted molar refractivity (Wildman–Crippen MR) is 97.3 cm³/mol. The van der Waals surface area contributed by atoms with Crippen molar-refractivity contribution in [1.29, 1.82) is 0 Å². The lowest BCUT2D eigenvalue weighted by Crippen LogP contribution is -2.28. The molecule has 1 saturated heterocycles. The Bertz CT molecular complexity index is 996. The number of carbonyl (C=O) groups is 1. The molecule has 1 aliphatic heterocycles. The highest BCUT2D eigenvalue weighted by atomic mass is 35.5. The van der Waals surface area contributed by atoms with E-state index in [2.05, 4.69) is 4.98 Å². The molecule has 0 N–H and O–H groups in total. The highest BCUT2D eigenvalue weighted by molar-refractivity contribution is 6.30. The second-order valence-electron chi connectivity index (χ2n) is 6.34. The lowest BCUT2D eigenvalue weighted by atomic mass is 10.2. The van der Waals surface area contributed by atoms with Gasteiger partial charge in [0.2, 0.25) is 5.88 Å². The van der Waals surface area contributed by atoms with E-state index in [1.807, 2.05) is 28.8 Å². The third-order valence-electron chi connectivity index (χ3n) is 4.60. The SMILES string of the molecule is Cn1ccc2c(Oc3ccc(F)c(Cl)c3)ncc(C(=O)N3CCCC3)c21. The summed E-state index contributed by atoms with van der Waals surface area (Å²) in [5.74, 6) is 0.204. The van der Waals surface area contributed by atoms with E-state index in [1.165, 1.54) is 18.2 Å². The molecule has 7 heteroatoms. The van der Waals surface area contributed by atoms with Crippen LogP contribution in [0.3, 0.4) is 0 Å². The Morgan fingerprint density at radius 2 is 2.04 bits per heavy atom. The largest absolute Gasteiger partial charge is 0.438 e. The zero-order valence-electron chi connectivity index (χ0n) is 14.2. The summed E-state index contributed by atoms with van der Waals surface area (Å²) in [6, 6.07) is 5.98. The number of hydrogen-bond donors (Lipinski definition) is 0. The van der Waals surface area contributed by atoms with E-state index in [-0.39, 0.29) is 10.9 Å². The van der Waals surface area contributed by atoms with Crippen LogP contribution in [0, 0.1) is 5.82 Å². The molecular formula is C19H17ClFN3O2. The lowest BCUT2D eigenvalue weighted by molar-refractivity contribution is 0.0794. The van der Waals surface area contributed by atoms with Crippen LogP contribution >= 0.6 is 11.6 Å². The Morgan fingerprint density at radius 1 is 1.27 bits per heavy atom. The standard InChI is InChI=1S/C19H17ClFN3O2/c1-23-9-6-13-17(23)14(19(25)24-7-2-3-8-24)11-22-18(13)26-12-4-5-16(21)15(20)10-12/h4-6,9-11H,2-3,7-8H2,1H3. The Morgan fingerprint density at radius 3 is 2.77 bits per heavy atom. The molecule has 0 unspecified atom stereocenters. The molecule has 5 nitrogen and oxygen atoms in total. The van der Waals surface area contributed by atoms with Gasteiger partial charge in [-0.05, 0) is 31.0 Å². The maximum atomic E-state index is 13.3. The molecule has 4 rings (SSSR count). The van der Waals surface area contributed by atoms with E-state index in [0.29, 0.717) is 17.2 Å². The molecule has 1 aliphatic rings. The predicted octanol–water partition coefficient (Wildman–Crippen LogP) is 4.39. The lowest BCUT2D eigenvalue weighted by Gasteiger charge is -2.17. The number of likely N-dealkylation sites (tertiary alicyclic amines) is 1. The van der Waals surface area contributed by atoms with Gasteiger partial charge in [0.05, 0.1) is 21.5 Å². The van der Waals surface area contributed by atoms with Crippen LogP contribution < -0.4 is 4.74 Å². The van der Waals surface area contributed by atoms with Crippen LogP contribution in [0.4, 0.5) is 4.39 Å². The molecule has 0 spiro atoms. The third kappa shape index (κ3) is 2.90. The second-order valence-corrected chi connectivity index (χ2v) is 6.75. The number of aromatic nitrogens is 2. The molecule has 0 saturated carbocycles. The summed E-state index contributed by atoms with van der Waals surface area (Å²) in [6.45, 7) is 1.55. The molecule has 26 heavy (non-hydrogen) atoms. The topological polar surface area (TPSA) is 47.4 Å². The number of pyridine rings is 1. The molecule has 3 heterocycles. The van der Waals surface area contributed by atoms with E-state index in [0.717, 1.165) is 36.8 Å².